The molecule has 0 aliphatic carbocycles. The molecule has 1 atom stereocenters. The molecule has 0 spiro atoms. The van der Waals surface area contributed by atoms with Crippen LogP contribution < -0.4 is 4.74 Å². The Labute approximate surface area is 130 Å². The normalized spacial score (nSPS) is 11.9. The van der Waals surface area contributed by atoms with E-state index in [-0.39, 0.29) is 0 Å². The fraction of sp³-hybridized carbons (Fsp3) is 0.278. The zero-order valence-electron chi connectivity index (χ0n) is 12.8. The van der Waals surface area contributed by atoms with E-state index >= 15 is 0 Å². The van der Waals surface area contributed by atoms with Crippen molar-refractivity contribution in [1.82, 2.24) is 0 Å². The molecule has 4 heteroatoms. The van der Waals surface area contributed by atoms with Crippen LogP contribution in [0, 0.1) is 6.92 Å². The number of rotatable bonds is 7. The van der Waals surface area contributed by atoms with E-state index in [4.69, 9.17) is 14.6 Å². The third-order valence-corrected chi connectivity index (χ3v) is 3.46. The monoisotopic (exact) mass is 300 g/mol. The topological polar surface area (TPSA) is 55.8 Å². The summed E-state index contributed by atoms with van der Waals surface area (Å²) in [5, 5.41) is 9.02. The fourth-order valence-electron chi connectivity index (χ4n) is 2.22. The molecule has 0 bridgehead atoms. The summed E-state index contributed by atoms with van der Waals surface area (Å²) in [4.78, 5) is 11.0. The van der Waals surface area contributed by atoms with Crippen molar-refractivity contribution in [2.45, 2.75) is 26.1 Å². The minimum absolute atomic E-state index is 0.339. The summed E-state index contributed by atoms with van der Waals surface area (Å²) < 4.78 is 10.8. The van der Waals surface area contributed by atoms with Crippen LogP contribution in [-0.2, 0) is 22.6 Å². The number of carbonyl (C=O) groups is 1. The summed E-state index contributed by atoms with van der Waals surface area (Å²) in [7, 11) is 1.41. The molecule has 0 saturated carbocycles. The van der Waals surface area contributed by atoms with Crippen LogP contribution in [0.4, 0.5) is 0 Å². The Morgan fingerprint density at radius 3 is 2.45 bits per heavy atom. The number of benzene rings is 2. The van der Waals surface area contributed by atoms with Crippen LogP contribution in [0.15, 0.2) is 48.5 Å². The lowest BCUT2D eigenvalue weighted by Crippen LogP contribution is -2.24. The van der Waals surface area contributed by atoms with Crippen molar-refractivity contribution < 1.29 is 19.4 Å². The molecule has 0 aliphatic rings. The van der Waals surface area contributed by atoms with Crippen LogP contribution in [0.25, 0.3) is 0 Å². The van der Waals surface area contributed by atoms with E-state index in [1.807, 2.05) is 55.5 Å². The molecule has 0 aliphatic heterocycles. The molecule has 0 fully saturated rings. The standard InChI is InChI=1S/C18H20O4/c1-13-10-15(11-17(21-2)18(19)20)8-9-16(13)22-12-14-6-4-3-5-7-14/h3-10,17H,11-12H2,1-2H3,(H,19,20). The second-order valence-corrected chi connectivity index (χ2v) is 5.14. The Kier molecular flexibility index (Phi) is 5.55. The number of carboxylic acids is 1. The number of methoxy groups -OCH3 is 1. The Bertz CT molecular complexity index is 622. The molecule has 2 rings (SSSR count). The summed E-state index contributed by atoms with van der Waals surface area (Å²) >= 11 is 0. The third kappa shape index (κ3) is 4.33. The highest BCUT2D eigenvalue weighted by molar-refractivity contribution is 5.72. The predicted molar refractivity (Wildman–Crippen MR) is 84.1 cm³/mol. The second kappa shape index (κ2) is 7.61. The quantitative estimate of drug-likeness (QED) is 0.853. The molecule has 4 nitrogen and oxygen atoms in total. The van der Waals surface area contributed by atoms with Crippen molar-refractivity contribution >= 4 is 5.97 Å². The van der Waals surface area contributed by atoms with Crippen molar-refractivity contribution in [3.05, 3.63) is 65.2 Å². The summed E-state index contributed by atoms with van der Waals surface area (Å²) in [5.74, 6) is -0.151. The maximum atomic E-state index is 11.0. The molecular weight excluding hydrogens is 280 g/mol. The average molecular weight is 300 g/mol. The van der Waals surface area contributed by atoms with Crippen LogP contribution in [0.3, 0.4) is 0 Å². The Balaban J connectivity index is 2.01. The number of aliphatic carboxylic acids is 1. The Morgan fingerprint density at radius 1 is 1.14 bits per heavy atom. The zero-order chi connectivity index (χ0) is 15.9. The van der Waals surface area contributed by atoms with Crippen LogP contribution in [0.5, 0.6) is 5.75 Å². The van der Waals surface area contributed by atoms with Gasteiger partial charge >= 0.3 is 5.97 Å². The molecular formula is C18H20O4. The smallest absolute Gasteiger partial charge is 0.333 e. The highest BCUT2D eigenvalue weighted by atomic mass is 16.5. The van der Waals surface area contributed by atoms with Gasteiger partial charge in [0.15, 0.2) is 6.10 Å². The van der Waals surface area contributed by atoms with Crippen molar-refractivity contribution in [2.24, 2.45) is 0 Å². The first-order valence-electron chi connectivity index (χ1n) is 7.12. The van der Waals surface area contributed by atoms with E-state index in [0.717, 1.165) is 22.4 Å². The SMILES string of the molecule is COC(Cc1ccc(OCc2ccccc2)c(C)c1)C(=O)O. The van der Waals surface area contributed by atoms with Crippen LogP contribution >= 0.6 is 0 Å². The van der Waals surface area contributed by atoms with Gasteiger partial charge in [0.05, 0.1) is 0 Å². The number of hydrogen-bond donors (Lipinski definition) is 1. The Hall–Kier alpha value is -2.33. The van der Waals surface area contributed by atoms with Crippen molar-refractivity contribution in [1.29, 1.82) is 0 Å². The van der Waals surface area contributed by atoms with Crippen LogP contribution in [-0.4, -0.2) is 24.3 Å². The summed E-state index contributed by atoms with van der Waals surface area (Å²) in [6.45, 7) is 2.46. The van der Waals surface area contributed by atoms with Gasteiger partial charge in [-0.05, 0) is 29.7 Å². The molecule has 22 heavy (non-hydrogen) atoms. The fourth-order valence-corrected chi connectivity index (χ4v) is 2.22. The number of ether oxygens (including phenoxy) is 2. The van der Waals surface area contributed by atoms with E-state index in [1.54, 1.807) is 0 Å². The molecule has 2 aromatic carbocycles. The van der Waals surface area contributed by atoms with Crippen molar-refractivity contribution in [3.8, 4) is 5.75 Å². The largest absolute Gasteiger partial charge is 0.489 e. The first-order valence-corrected chi connectivity index (χ1v) is 7.12. The van der Waals surface area contributed by atoms with Crippen LogP contribution in [0.2, 0.25) is 0 Å². The number of carboxylic acid groups (broad SMARTS) is 1. The van der Waals surface area contributed by atoms with Gasteiger partial charge in [0.1, 0.15) is 12.4 Å². The molecule has 1 unspecified atom stereocenters. The predicted octanol–water partition coefficient (Wildman–Crippen LogP) is 3.22. The molecule has 0 radical (unpaired) electrons. The van der Waals surface area contributed by atoms with E-state index < -0.39 is 12.1 Å². The maximum Gasteiger partial charge on any atom is 0.333 e. The molecule has 116 valence electrons. The minimum atomic E-state index is -0.954. The summed E-state index contributed by atoms with van der Waals surface area (Å²) in [6, 6.07) is 15.6. The number of hydrogen-bond acceptors (Lipinski definition) is 3. The van der Waals surface area contributed by atoms with E-state index in [2.05, 4.69) is 0 Å². The van der Waals surface area contributed by atoms with Gasteiger partial charge < -0.3 is 14.6 Å². The summed E-state index contributed by atoms with van der Waals surface area (Å²) in [6.07, 6.45) is -0.485. The van der Waals surface area contributed by atoms with Crippen molar-refractivity contribution in [3.63, 3.8) is 0 Å². The highest BCUT2D eigenvalue weighted by Crippen LogP contribution is 2.21. The maximum absolute atomic E-state index is 11.0. The van der Waals surface area contributed by atoms with E-state index in [0.29, 0.717) is 13.0 Å². The molecule has 2 aromatic rings. The average Bonchev–Trinajstić information content (AvgIpc) is 2.52. The lowest BCUT2D eigenvalue weighted by Gasteiger charge is -2.13. The first-order chi connectivity index (χ1) is 10.6. The van der Waals surface area contributed by atoms with Gasteiger partial charge in [-0.15, -0.1) is 0 Å². The van der Waals surface area contributed by atoms with Crippen molar-refractivity contribution in [2.75, 3.05) is 7.11 Å². The molecule has 0 heterocycles. The van der Waals surface area contributed by atoms with Gasteiger partial charge in [-0.25, -0.2) is 4.79 Å². The second-order valence-electron chi connectivity index (χ2n) is 5.14. The Morgan fingerprint density at radius 2 is 1.86 bits per heavy atom. The van der Waals surface area contributed by atoms with E-state index in [1.165, 1.54) is 7.11 Å². The zero-order valence-corrected chi connectivity index (χ0v) is 12.8. The van der Waals surface area contributed by atoms with Crippen LogP contribution in [0.1, 0.15) is 16.7 Å². The van der Waals surface area contributed by atoms with Gasteiger partial charge in [-0.3, -0.25) is 0 Å². The van der Waals surface area contributed by atoms with Gasteiger partial charge in [0.25, 0.3) is 0 Å². The lowest BCUT2D eigenvalue weighted by atomic mass is 10.0. The molecule has 1 N–H and O–H groups in total. The number of aryl methyl sites for hydroxylation is 1. The van der Waals surface area contributed by atoms with Gasteiger partial charge in [0, 0.05) is 13.5 Å². The van der Waals surface area contributed by atoms with Gasteiger partial charge in [-0.2, -0.15) is 0 Å². The lowest BCUT2D eigenvalue weighted by molar-refractivity contribution is -0.148. The van der Waals surface area contributed by atoms with Gasteiger partial charge in [0.2, 0.25) is 0 Å². The highest BCUT2D eigenvalue weighted by Gasteiger charge is 2.17. The summed E-state index contributed by atoms with van der Waals surface area (Å²) in [5.41, 5.74) is 3.00. The van der Waals surface area contributed by atoms with E-state index in [9.17, 15) is 4.79 Å². The molecule has 0 amide bonds. The minimum Gasteiger partial charge on any atom is -0.489 e. The first kappa shape index (κ1) is 16.0. The molecule has 0 saturated heterocycles. The third-order valence-electron chi connectivity index (χ3n) is 3.46. The molecule has 0 aromatic heterocycles. The van der Waals surface area contributed by atoms with Gasteiger partial charge in [-0.1, -0.05) is 42.5 Å².